The summed E-state index contributed by atoms with van der Waals surface area (Å²) in [6, 6.07) is 12.7. The fourth-order valence-electron chi connectivity index (χ4n) is 2.90. The van der Waals surface area contributed by atoms with E-state index < -0.39 is 5.92 Å². The molecule has 2 aromatic rings. The van der Waals surface area contributed by atoms with Crippen molar-refractivity contribution in [3.8, 4) is 17.2 Å². The van der Waals surface area contributed by atoms with Crippen molar-refractivity contribution in [1.29, 1.82) is 0 Å². The first-order valence-electron chi connectivity index (χ1n) is 8.37. The van der Waals surface area contributed by atoms with Gasteiger partial charge < -0.3 is 24.8 Å². The zero-order valence-corrected chi connectivity index (χ0v) is 14.0. The van der Waals surface area contributed by atoms with Gasteiger partial charge in [-0.2, -0.15) is 0 Å². The molecule has 134 valence electrons. The van der Waals surface area contributed by atoms with Crippen molar-refractivity contribution in [2.75, 3.05) is 18.7 Å². The first-order valence-corrected chi connectivity index (χ1v) is 8.37. The maximum absolute atomic E-state index is 12.3. The van der Waals surface area contributed by atoms with Crippen LogP contribution in [0.15, 0.2) is 42.5 Å². The highest BCUT2D eigenvalue weighted by atomic mass is 16.7. The third-order valence-corrected chi connectivity index (χ3v) is 4.31. The molecule has 0 spiro atoms. The van der Waals surface area contributed by atoms with E-state index in [1.165, 1.54) is 0 Å². The van der Waals surface area contributed by atoms with E-state index in [0.717, 1.165) is 5.56 Å². The van der Waals surface area contributed by atoms with Gasteiger partial charge >= 0.3 is 0 Å². The number of fused-ring (bicyclic) bond motifs is 2. The maximum Gasteiger partial charge on any atom is 0.231 e. The number of carbonyl (C=O) groups excluding carboxylic acids is 2. The molecule has 0 bridgehead atoms. The number of rotatable bonds is 4. The Morgan fingerprint density at radius 3 is 2.85 bits per heavy atom. The first-order chi connectivity index (χ1) is 12.7. The molecule has 0 radical (unpaired) electrons. The lowest BCUT2D eigenvalue weighted by Gasteiger charge is -2.13. The zero-order chi connectivity index (χ0) is 17.9. The van der Waals surface area contributed by atoms with Gasteiger partial charge in [-0.05, 0) is 29.8 Å². The van der Waals surface area contributed by atoms with Gasteiger partial charge in [-0.3, -0.25) is 9.59 Å². The molecule has 1 atom stereocenters. The summed E-state index contributed by atoms with van der Waals surface area (Å²) in [6.07, 6.45) is 0.0599. The average Bonchev–Trinajstić information content (AvgIpc) is 3.06. The van der Waals surface area contributed by atoms with Gasteiger partial charge in [0.2, 0.25) is 18.6 Å². The van der Waals surface area contributed by atoms with Crippen molar-refractivity contribution in [2.24, 2.45) is 5.92 Å². The van der Waals surface area contributed by atoms with Crippen molar-refractivity contribution in [3.63, 3.8) is 0 Å². The SMILES string of the molecule is O=C(C[C@@H]1COc2ccccc2NC1=O)NCc1ccc2c(c1)OCO2. The second kappa shape index (κ2) is 6.95. The van der Waals surface area contributed by atoms with E-state index in [2.05, 4.69) is 10.6 Å². The highest BCUT2D eigenvalue weighted by Gasteiger charge is 2.26. The van der Waals surface area contributed by atoms with Crippen molar-refractivity contribution in [2.45, 2.75) is 13.0 Å². The summed E-state index contributed by atoms with van der Waals surface area (Å²) in [5.41, 5.74) is 1.53. The van der Waals surface area contributed by atoms with E-state index in [9.17, 15) is 9.59 Å². The summed E-state index contributed by atoms with van der Waals surface area (Å²) in [6.45, 7) is 0.732. The van der Waals surface area contributed by atoms with Crippen molar-refractivity contribution < 1.29 is 23.8 Å². The van der Waals surface area contributed by atoms with Crippen LogP contribution in [0.1, 0.15) is 12.0 Å². The molecule has 0 saturated heterocycles. The van der Waals surface area contributed by atoms with E-state index in [4.69, 9.17) is 14.2 Å². The summed E-state index contributed by atoms with van der Waals surface area (Å²) >= 11 is 0. The highest BCUT2D eigenvalue weighted by molar-refractivity contribution is 5.97. The summed E-state index contributed by atoms with van der Waals surface area (Å²) in [4.78, 5) is 24.6. The van der Waals surface area contributed by atoms with Crippen molar-refractivity contribution >= 4 is 17.5 Å². The van der Waals surface area contributed by atoms with Gasteiger partial charge in [-0.25, -0.2) is 0 Å². The number of anilines is 1. The molecule has 2 amide bonds. The number of para-hydroxylation sites is 2. The largest absolute Gasteiger partial charge is 0.491 e. The normalized spacial score (nSPS) is 17.5. The van der Waals surface area contributed by atoms with Gasteiger partial charge in [-0.1, -0.05) is 18.2 Å². The van der Waals surface area contributed by atoms with Crippen LogP contribution in [-0.2, 0) is 16.1 Å². The predicted octanol–water partition coefficient (Wildman–Crippen LogP) is 2.07. The number of benzene rings is 2. The average molecular weight is 354 g/mol. The number of ether oxygens (including phenoxy) is 3. The second-order valence-electron chi connectivity index (χ2n) is 6.16. The van der Waals surface area contributed by atoms with Gasteiger partial charge in [-0.15, -0.1) is 0 Å². The van der Waals surface area contributed by atoms with Crippen LogP contribution < -0.4 is 24.8 Å². The molecule has 26 heavy (non-hydrogen) atoms. The van der Waals surface area contributed by atoms with Crippen LogP contribution in [0, 0.1) is 5.92 Å². The first kappa shape index (κ1) is 16.3. The molecular formula is C19H18N2O5. The summed E-state index contributed by atoms with van der Waals surface area (Å²) in [5, 5.41) is 5.63. The van der Waals surface area contributed by atoms with Crippen LogP contribution in [0.5, 0.6) is 17.2 Å². The summed E-state index contributed by atoms with van der Waals surface area (Å²) in [5.74, 6) is 1.02. The Morgan fingerprint density at radius 2 is 1.92 bits per heavy atom. The lowest BCUT2D eigenvalue weighted by Crippen LogP contribution is -2.32. The molecular weight excluding hydrogens is 336 g/mol. The third-order valence-electron chi connectivity index (χ3n) is 4.31. The number of amides is 2. The Morgan fingerprint density at radius 1 is 1.08 bits per heavy atom. The summed E-state index contributed by atoms with van der Waals surface area (Å²) < 4.78 is 16.2. The van der Waals surface area contributed by atoms with Crippen molar-refractivity contribution in [1.82, 2.24) is 5.32 Å². The number of nitrogens with one attached hydrogen (secondary N) is 2. The molecule has 0 aliphatic carbocycles. The number of hydrogen-bond donors (Lipinski definition) is 2. The molecule has 0 unspecified atom stereocenters. The molecule has 2 aliphatic heterocycles. The smallest absolute Gasteiger partial charge is 0.231 e. The van der Waals surface area contributed by atoms with E-state index in [1.54, 1.807) is 12.1 Å². The number of hydrogen-bond acceptors (Lipinski definition) is 5. The molecule has 7 nitrogen and oxygen atoms in total. The monoisotopic (exact) mass is 354 g/mol. The number of carbonyl (C=O) groups is 2. The van der Waals surface area contributed by atoms with E-state index in [1.807, 2.05) is 30.3 Å². The molecule has 2 heterocycles. The van der Waals surface area contributed by atoms with Gasteiger partial charge in [0.15, 0.2) is 11.5 Å². The molecule has 2 aliphatic rings. The Kier molecular flexibility index (Phi) is 4.35. The van der Waals surface area contributed by atoms with Gasteiger partial charge in [0.1, 0.15) is 12.4 Å². The van der Waals surface area contributed by atoms with E-state index in [-0.39, 0.29) is 31.6 Å². The van der Waals surface area contributed by atoms with Gasteiger partial charge in [0.25, 0.3) is 0 Å². The molecule has 0 aromatic heterocycles. The molecule has 2 aromatic carbocycles. The van der Waals surface area contributed by atoms with Crippen LogP contribution >= 0.6 is 0 Å². The minimum absolute atomic E-state index is 0.0599. The predicted molar refractivity (Wildman–Crippen MR) is 93.1 cm³/mol. The van der Waals surface area contributed by atoms with Gasteiger partial charge in [0.05, 0.1) is 11.6 Å². The Balaban J connectivity index is 1.33. The van der Waals surface area contributed by atoms with Crippen LogP contribution in [-0.4, -0.2) is 25.2 Å². The minimum Gasteiger partial charge on any atom is -0.491 e. The van der Waals surface area contributed by atoms with Crippen LogP contribution in [0.2, 0.25) is 0 Å². The standard InChI is InChI=1S/C19H18N2O5/c22-18(20-9-12-5-6-16-17(7-12)26-11-25-16)8-13-10-24-15-4-2-1-3-14(15)21-19(13)23/h1-7,13H,8-11H2,(H,20,22)(H,21,23)/t13-/m1/s1. The lowest BCUT2D eigenvalue weighted by atomic mass is 10.1. The Bertz CT molecular complexity index is 852. The second-order valence-corrected chi connectivity index (χ2v) is 6.16. The Hall–Kier alpha value is -3.22. The molecule has 2 N–H and O–H groups in total. The van der Waals surface area contributed by atoms with E-state index in [0.29, 0.717) is 29.5 Å². The Labute approximate surface area is 150 Å². The minimum atomic E-state index is -0.542. The molecule has 7 heteroatoms. The van der Waals surface area contributed by atoms with Crippen molar-refractivity contribution in [3.05, 3.63) is 48.0 Å². The quantitative estimate of drug-likeness (QED) is 0.878. The maximum atomic E-state index is 12.3. The fraction of sp³-hybridized carbons (Fsp3) is 0.263. The lowest BCUT2D eigenvalue weighted by molar-refractivity contribution is -0.128. The highest BCUT2D eigenvalue weighted by Crippen LogP contribution is 2.32. The van der Waals surface area contributed by atoms with E-state index >= 15 is 0 Å². The molecule has 4 rings (SSSR count). The fourth-order valence-corrected chi connectivity index (χ4v) is 2.90. The van der Waals surface area contributed by atoms with Crippen LogP contribution in [0.3, 0.4) is 0 Å². The third kappa shape index (κ3) is 3.42. The zero-order valence-electron chi connectivity index (χ0n) is 14.0. The molecule has 0 fully saturated rings. The van der Waals surface area contributed by atoms with Crippen LogP contribution in [0.25, 0.3) is 0 Å². The van der Waals surface area contributed by atoms with Crippen LogP contribution in [0.4, 0.5) is 5.69 Å². The molecule has 0 saturated carbocycles. The topological polar surface area (TPSA) is 85.9 Å². The summed E-state index contributed by atoms with van der Waals surface area (Å²) in [7, 11) is 0. The van der Waals surface area contributed by atoms with Gasteiger partial charge in [0, 0.05) is 13.0 Å².